The van der Waals surface area contributed by atoms with Crippen molar-refractivity contribution in [3.8, 4) is 0 Å². The number of hydrogen-bond donors (Lipinski definition) is 3. The van der Waals surface area contributed by atoms with E-state index in [1.807, 2.05) is 32.3 Å². The van der Waals surface area contributed by atoms with Crippen molar-refractivity contribution < 1.29 is 0 Å². The molecule has 0 bridgehead atoms. The molecule has 0 amide bonds. The van der Waals surface area contributed by atoms with Crippen molar-refractivity contribution in [1.29, 1.82) is 0 Å². The standard InChI is InChI=1S/C27H34ClN7S/c1-18-15-21(35-14-8-9-20(17-35)19(2)29)12-13-23(18)32-27-30-16-22(28)26(33-27)31-24-10-6-7-11-25(24)36(5)34(3)4/h6-7,10-13,15-16,20H,2,5,8-9,14,17,29H2,1,3-4H3,(H2,30,31,32,33). The molecule has 2 aromatic carbocycles. The lowest BCUT2D eigenvalue weighted by atomic mass is 9.95. The second kappa shape index (κ2) is 11.3. The fourth-order valence-corrected chi connectivity index (χ4v) is 5.37. The van der Waals surface area contributed by atoms with Crippen molar-refractivity contribution in [2.45, 2.75) is 24.7 Å². The number of nitrogens with two attached hydrogens (primary N) is 1. The molecular weight excluding hydrogens is 490 g/mol. The molecule has 4 N–H and O–H groups in total. The van der Waals surface area contributed by atoms with Gasteiger partial charge in [-0.1, -0.05) is 46.9 Å². The van der Waals surface area contributed by atoms with E-state index in [2.05, 4.69) is 73.4 Å². The third kappa shape index (κ3) is 6.00. The van der Waals surface area contributed by atoms with E-state index in [4.69, 9.17) is 17.3 Å². The van der Waals surface area contributed by atoms with Gasteiger partial charge < -0.3 is 21.3 Å². The van der Waals surface area contributed by atoms with Crippen LogP contribution in [0.2, 0.25) is 5.02 Å². The predicted octanol–water partition coefficient (Wildman–Crippen LogP) is 6.15. The Hall–Kier alpha value is -3.07. The smallest absolute Gasteiger partial charge is 0.229 e. The highest BCUT2D eigenvalue weighted by molar-refractivity contribution is 8.12. The van der Waals surface area contributed by atoms with E-state index in [9.17, 15) is 0 Å². The molecule has 1 saturated heterocycles. The summed E-state index contributed by atoms with van der Waals surface area (Å²) in [6.07, 6.45) is 3.82. The third-order valence-electron chi connectivity index (χ3n) is 6.35. The van der Waals surface area contributed by atoms with Crippen LogP contribution in [0.1, 0.15) is 18.4 Å². The summed E-state index contributed by atoms with van der Waals surface area (Å²) in [5, 5.41) is 7.16. The van der Waals surface area contributed by atoms with Gasteiger partial charge in [0.15, 0.2) is 5.82 Å². The predicted molar refractivity (Wildman–Crippen MR) is 156 cm³/mol. The van der Waals surface area contributed by atoms with Gasteiger partial charge in [-0.25, -0.2) is 4.98 Å². The van der Waals surface area contributed by atoms with E-state index in [1.165, 1.54) is 5.69 Å². The molecule has 2 unspecified atom stereocenters. The zero-order chi connectivity index (χ0) is 25.8. The summed E-state index contributed by atoms with van der Waals surface area (Å²) in [4.78, 5) is 12.5. The third-order valence-corrected chi connectivity index (χ3v) is 8.37. The maximum atomic E-state index is 6.46. The molecule has 9 heteroatoms. The monoisotopic (exact) mass is 523 g/mol. The molecule has 0 radical (unpaired) electrons. The lowest BCUT2D eigenvalue weighted by Gasteiger charge is -2.34. The maximum absolute atomic E-state index is 6.46. The highest BCUT2D eigenvalue weighted by Crippen LogP contribution is 2.36. The van der Waals surface area contributed by atoms with Crippen LogP contribution in [0, 0.1) is 12.8 Å². The summed E-state index contributed by atoms with van der Waals surface area (Å²) in [6.45, 7) is 7.96. The van der Waals surface area contributed by atoms with Gasteiger partial charge >= 0.3 is 0 Å². The molecule has 0 aliphatic carbocycles. The number of nitrogens with one attached hydrogen (secondary N) is 2. The number of aryl methyl sites for hydroxylation is 1. The topological polar surface area (TPSA) is 82.3 Å². The van der Waals surface area contributed by atoms with Gasteiger partial charge in [0.05, 0.1) is 11.9 Å². The van der Waals surface area contributed by atoms with Gasteiger partial charge in [-0.2, -0.15) is 4.98 Å². The second-order valence-corrected chi connectivity index (χ2v) is 11.5. The summed E-state index contributed by atoms with van der Waals surface area (Å²) < 4.78 is 2.08. The Labute approximate surface area is 221 Å². The Morgan fingerprint density at radius 3 is 2.69 bits per heavy atom. The fourth-order valence-electron chi connectivity index (χ4n) is 4.23. The molecule has 2 atom stereocenters. The van der Waals surface area contributed by atoms with Crippen molar-refractivity contribution in [2.75, 3.05) is 42.7 Å². The Balaban J connectivity index is 1.53. The number of benzene rings is 2. The first-order chi connectivity index (χ1) is 17.2. The van der Waals surface area contributed by atoms with Crippen molar-refractivity contribution in [3.63, 3.8) is 0 Å². The number of anilines is 5. The molecule has 4 rings (SSSR count). The lowest BCUT2D eigenvalue weighted by molar-refractivity contribution is 0.464. The Kier molecular flexibility index (Phi) is 8.18. The Morgan fingerprint density at radius 1 is 1.19 bits per heavy atom. The van der Waals surface area contributed by atoms with Crippen molar-refractivity contribution in [2.24, 2.45) is 11.7 Å². The number of piperidine rings is 1. The molecule has 36 heavy (non-hydrogen) atoms. The minimum atomic E-state index is -0.324. The molecule has 3 aromatic rings. The molecule has 0 spiro atoms. The van der Waals surface area contributed by atoms with Crippen LogP contribution < -0.4 is 21.3 Å². The average molecular weight is 524 g/mol. The quantitative estimate of drug-likeness (QED) is 0.305. The SMILES string of the molecule is C=C(N)C1CCCN(c2ccc(Nc3ncc(Cl)c(Nc4ccccc4S(=C)N(C)C)n3)c(C)c2)C1. The highest BCUT2D eigenvalue weighted by atomic mass is 35.5. The number of hydrogen-bond acceptors (Lipinski definition) is 7. The van der Waals surface area contributed by atoms with Crippen LogP contribution in [0.4, 0.5) is 28.8 Å². The van der Waals surface area contributed by atoms with Crippen molar-refractivity contribution >= 4 is 57.0 Å². The number of nitrogens with zero attached hydrogens (tertiary/aromatic N) is 4. The van der Waals surface area contributed by atoms with E-state index in [-0.39, 0.29) is 10.7 Å². The summed E-state index contributed by atoms with van der Waals surface area (Å²) >= 11 is 6.46. The minimum absolute atomic E-state index is 0.324. The molecular formula is C27H34ClN7S. The van der Waals surface area contributed by atoms with Crippen LogP contribution in [0.25, 0.3) is 0 Å². The number of halogens is 1. The van der Waals surface area contributed by atoms with Gasteiger partial charge in [-0.05, 0) is 69.8 Å². The normalized spacial score (nSPS) is 16.6. The van der Waals surface area contributed by atoms with E-state index < -0.39 is 0 Å². The molecule has 190 valence electrons. The van der Waals surface area contributed by atoms with Crippen LogP contribution in [-0.4, -0.2) is 47.3 Å². The maximum Gasteiger partial charge on any atom is 0.229 e. The summed E-state index contributed by atoms with van der Waals surface area (Å²) in [6, 6.07) is 14.4. The van der Waals surface area contributed by atoms with Gasteiger partial charge in [-0.15, -0.1) is 0 Å². The Morgan fingerprint density at radius 2 is 1.97 bits per heavy atom. The zero-order valence-corrected chi connectivity index (χ0v) is 22.7. The molecule has 1 aliphatic rings. The van der Waals surface area contributed by atoms with E-state index >= 15 is 0 Å². The average Bonchev–Trinajstić information content (AvgIpc) is 2.87. The first-order valence-corrected chi connectivity index (χ1v) is 13.6. The zero-order valence-electron chi connectivity index (χ0n) is 21.1. The van der Waals surface area contributed by atoms with E-state index in [0.29, 0.717) is 22.7 Å². The van der Waals surface area contributed by atoms with Gasteiger partial charge in [0.1, 0.15) is 5.02 Å². The van der Waals surface area contributed by atoms with Crippen LogP contribution in [0.5, 0.6) is 0 Å². The summed E-state index contributed by atoms with van der Waals surface area (Å²) in [5.74, 6) is 5.63. The molecule has 1 aromatic heterocycles. The number of para-hydroxylation sites is 1. The summed E-state index contributed by atoms with van der Waals surface area (Å²) in [7, 11) is 3.70. The Bertz CT molecular complexity index is 1280. The van der Waals surface area contributed by atoms with Crippen LogP contribution in [0.15, 0.2) is 65.8 Å². The van der Waals surface area contributed by atoms with Gasteiger partial charge in [0.2, 0.25) is 5.95 Å². The number of aromatic nitrogens is 2. The van der Waals surface area contributed by atoms with Gasteiger partial charge in [0.25, 0.3) is 0 Å². The molecule has 1 fully saturated rings. The first-order valence-electron chi connectivity index (χ1n) is 11.9. The number of rotatable bonds is 8. The molecule has 1 aliphatic heterocycles. The second-order valence-electron chi connectivity index (χ2n) is 9.17. The lowest BCUT2D eigenvalue weighted by Crippen LogP contribution is -2.37. The van der Waals surface area contributed by atoms with E-state index in [1.54, 1.807) is 6.20 Å². The molecule has 0 saturated carbocycles. The van der Waals surface area contributed by atoms with Gasteiger partial charge in [-0.3, -0.25) is 4.31 Å². The van der Waals surface area contributed by atoms with Gasteiger partial charge in [0, 0.05) is 41.0 Å². The summed E-state index contributed by atoms with van der Waals surface area (Å²) in [5.41, 5.74) is 10.9. The van der Waals surface area contributed by atoms with Crippen LogP contribution >= 0.6 is 22.3 Å². The van der Waals surface area contributed by atoms with Crippen molar-refractivity contribution in [3.05, 3.63) is 71.5 Å². The first kappa shape index (κ1) is 26.0. The van der Waals surface area contributed by atoms with Crippen LogP contribution in [0.3, 0.4) is 0 Å². The highest BCUT2D eigenvalue weighted by Gasteiger charge is 2.21. The van der Waals surface area contributed by atoms with E-state index in [0.717, 1.165) is 53.5 Å². The van der Waals surface area contributed by atoms with Crippen molar-refractivity contribution in [1.82, 2.24) is 14.3 Å². The molecule has 2 heterocycles. The fraction of sp³-hybridized carbons (Fsp3) is 0.296. The largest absolute Gasteiger partial charge is 0.402 e. The minimum Gasteiger partial charge on any atom is -0.402 e. The molecule has 7 nitrogen and oxygen atoms in total. The van der Waals surface area contributed by atoms with Crippen LogP contribution in [-0.2, 0) is 0 Å².